The van der Waals surface area contributed by atoms with Gasteiger partial charge in [0.25, 0.3) is 0 Å². The maximum Gasteiger partial charge on any atom is 0.306 e. The predicted molar refractivity (Wildman–Crippen MR) is 130 cm³/mol. The zero-order valence-electron chi connectivity index (χ0n) is 20.4. The van der Waals surface area contributed by atoms with Crippen LogP contribution in [-0.2, 0) is 16.0 Å². The molecule has 180 valence electrons. The highest BCUT2D eigenvalue weighted by atomic mass is 16.5. The molecule has 0 bridgehead atoms. The smallest absolute Gasteiger partial charge is 0.306 e. The van der Waals surface area contributed by atoms with Gasteiger partial charge in [-0.2, -0.15) is 0 Å². The molecule has 0 aliphatic heterocycles. The van der Waals surface area contributed by atoms with Crippen LogP contribution >= 0.6 is 0 Å². The first-order chi connectivity index (χ1) is 15.5. The highest BCUT2D eigenvalue weighted by Gasteiger charge is 2.32. The van der Waals surface area contributed by atoms with E-state index < -0.39 is 0 Å². The van der Waals surface area contributed by atoms with Crippen LogP contribution in [0.3, 0.4) is 0 Å². The minimum absolute atomic E-state index is 0.0222. The van der Waals surface area contributed by atoms with Gasteiger partial charge in [-0.25, -0.2) is 0 Å². The first kappa shape index (κ1) is 26.2. The molecule has 5 nitrogen and oxygen atoms in total. The van der Waals surface area contributed by atoms with Crippen LogP contribution in [0.1, 0.15) is 96.5 Å². The molecule has 1 saturated carbocycles. The summed E-state index contributed by atoms with van der Waals surface area (Å²) >= 11 is 0. The van der Waals surface area contributed by atoms with Crippen molar-refractivity contribution in [1.82, 2.24) is 0 Å². The normalized spacial score (nSPS) is 19.6. The van der Waals surface area contributed by atoms with Crippen molar-refractivity contribution >= 4 is 11.7 Å². The summed E-state index contributed by atoms with van der Waals surface area (Å²) in [7, 11) is 1.71. The summed E-state index contributed by atoms with van der Waals surface area (Å²) in [4.78, 5) is 11.6. The van der Waals surface area contributed by atoms with Crippen LogP contribution in [-0.4, -0.2) is 30.1 Å². The molecule has 2 rings (SSSR count). The van der Waals surface area contributed by atoms with Gasteiger partial charge in [-0.1, -0.05) is 49.4 Å². The fourth-order valence-electron chi connectivity index (χ4n) is 4.91. The summed E-state index contributed by atoms with van der Waals surface area (Å²) < 4.78 is 10.5. The molecular weight excluding hydrogens is 402 g/mol. The van der Waals surface area contributed by atoms with E-state index >= 15 is 0 Å². The number of methoxy groups -OCH3 is 1. The number of oxime groups is 1. The summed E-state index contributed by atoms with van der Waals surface area (Å²) in [5.41, 5.74) is 2.34. The lowest BCUT2D eigenvalue weighted by Crippen LogP contribution is -2.15. The Morgan fingerprint density at radius 1 is 1.09 bits per heavy atom. The van der Waals surface area contributed by atoms with Gasteiger partial charge in [0.05, 0.1) is 18.9 Å². The Hall–Kier alpha value is -2.04. The van der Waals surface area contributed by atoms with Crippen LogP contribution in [0.25, 0.3) is 0 Å². The van der Waals surface area contributed by atoms with Gasteiger partial charge in [-0.05, 0) is 82.4 Å². The van der Waals surface area contributed by atoms with Crippen molar-refractivity contribution in [2.24, 2.45) is 17.0 Å². The Bertz CT molecular complexity index is 701. The summed E-state index contributed by atoms with van der Waals surface area (Å²) in [6, 6.07) is 8.33. The summed E-state index contributed by atoms with van der Waals surface area (Å²) in [6.07, 6.45) is 13.9. The van der Waals surface area contributed by atoms with Crippen LogP contribution in [0.2, 0.25) is 0 Å². The molecule has 32 heavy (non-hydrogen) atoms. The number of unbranched alkanes of at least 4 members (excludes halogenated alkanes) is 5. The lowest BCUT2D eigenvalue weighted by atomic mass is 9.86. The number of aryl methyl sites for hydroxylation is 1. The lowest BCUT2D eigenvalue weighted by Gasteiger charge is -2.19. The van der Waals surface area contributed by atoms with Crippen molar-refractivity contribution in [2.45, 2.75) is 103 Å². The third kappa shape index (κ3) is 9.62. The molecule has 5 heteroatoms. The second kappa shape index (κ2) is 14.9. The Morgan fingerprint density at radius 3 is 2.59 bits per heavy atom. The fourth-order valence-corrected chi connectivity index (χ4v) is 4.91. The molecule has 1 aliphatic rings. The predicted octanol–water partition coefficient (Wildman–Crippen LogP) is 6.95. The monoisotopic (exact) mass is 445 g/mol. The molecule has 1 aromatic rings. The minimum Gasteiger partial charge on any atom is -0.497 e. The molecule has 0 spiro atoms. The molecule has 0 radical (unpaired) electrons. The lowest BCUT2D eigenvalue weighted by molar-refractivity contribution is -0.147. The van der Waals surface area contributed by atoms with Gasteiger partial charge in [0.2, 0.25) is 0 Å². The summed E-state index contributed by atoms with van der Waals surface area (Å²) in [5, 5.41) is 13.1. The number of nitrogens with zero attached hydrogens (tertiary/aromatic N) is 1. The Morgan fingerprint density at radius 2 is 1.84 bits per heavy atom. The highest BCUT2D eigenvalue weighted by Crippen LogP contribution is 2.37. The number of hydrogen-bond acceptors (Lipinski definition) is 5. The SMILES string of the molecule is COc1cccc(CCCCC[C@H]2/C(=N\O)CC[C@@H]2CCCCCCC(=O)OC(C)C)c1. The molecule has 0 heterocycles. The van der Waals surface area contributed by atoms with Crippen LogP contribution in [0, 0.1) is 11.8 Å². The molecule has 1 fully saturated rings. The van der Waals surface area contributed by atoms with Gasteiger partial charge in [0, 0.05) is 12.3 Å². The number of ether oxygens (including phenoxy) is 2. The average molecular weight is 446 g/mol. The molecule has 2 atom stereocenters. The average Bonchev–Trinajstić information content (AvgIpc) is 3.17. The fraction of sp³-hybridized carbons (Fsp3) is 0.704. The van der Waals surface area contributed by atoms with Crippen LogP contribution in [0.5, 0.6) is 5.75 Å². The molecule has 1 aromatic carbocycles. The van der Waals surface area contributed by atoms with Gasteiger partial charge in [-0.3, -0.25) is 4.79 Å². The van der Waals surface area contributed by atoms with E-state index in [1.54, 1.807) is 7.11 Å². The second-order valence-electron chi connectivity index (χ2n) is 9.44. The van der Waals surface area contributed by atoms with E-state index in [-0.39, 0.29) is 12.1 Å². The largest absolute Gasteiger partial charge is 0.497 e. The van der Waals surface area contributed by atoms with Gasteiger partial charge < -0.3 is 14.7 Å². The maximum atomic E-state index is 11.6. The molecular formula is C27H43NO4. The third-order valence-corrected chi connectivity index (χ3v) is 6.58. The van der Waals surface area contributed by atoms with Crippen molar-refractivity contribution in [3.63, 3.8) is 0 Å². The molecule has 0 saturated heterocycles. The second-order valence-corrected chi connectivity index (χ2v) is 9.44. The van der Waals surface area contributed by atoms with Crippen LogP contribution < -0.4 is 4.74 Å². The summed E-state index contributed by atoms with van der Waals surface area (Å²) in [6.45, 7) is 3.78. The van der Waals surface area contributed by atoms with Gasteiger partial charge >= 0.3 is 5.97 Å². The first-order valence-corrected chi connectivity index (χ1v) is 12.6. The number of hydrogen-bond donors (Lipinski definition) is 1. The molecule has 1 N–H and O–H groups in total. The molecule has 1 aliphatic carbocycles. The summed E-state index contributed by atoms with van der Waals surface area (Å²) in [5.74, 6) is 1.93. The van der Waals surface area contributed by atoms with Gasteiger partial charge in [0.1, 0.15) is 5.75 Å². The van der Waals surface area contributed by atoms with Crippen molar-refractivity contribution < 1.29 is 19.5 Å². The quantitative estimate of drug-likeness (QED) is 0.137. The van der Waals surface area contributed by atoms with E-state index in [0.29, 0.717) is 18.3 Å². The number of benzene rings is 1. The number of esters is 1. The van der Waals surface area contributed by atoms with Gasteiger partial charge in [0.15, 0.2) is 0 Å². The van der Waals surface area contributed by atoms with Gasteiger partial charge in [-0.15, -0.1) is 0 Å². The van der Waals surface area contributed by atoms with E-state index in [1.165, 1.54) is 37.7 Å². The van der Waals surface area contributed by atoms with E-state index in [4.69, 9.17) is 9.47 Å². The Kier molecular flexibility index (Phi) is 12.2. The van der Waals surface area contributed by atoms with E-state index in [0.717, 1.165) is 56.4 Å². The molecule has 0 aromatic heterocycles. The topological polar surface area (TPSA) is 68.1 Å². The Labute approximate surface area is 194 Å². The zero-order valence-corrected chi connectivity index (χ0v) is 20.4. The van der Waals surface area contributed by atoms with Crippen molar-refractivity contribution in [3.8, 4) is 5.75 Å². The minimum atomic E-state index is -0.0777. The molecule has 0 amide bonds. The van der Waals surface area contributed by atoms with E-state index in [2.05, 4.69) is 23.4 Å². The van der Waals surface area contributed by atoms with Crippen molar-refractivity contribution in [2.75, 3.05) is 7.11 Å². The number of carbonyl (C=O) groups excluding carboxylic acids is 1. The van der Waals surface area contributed by atoms with Crippen molar-refractivity contribution in [1.29, 1.82) is 0 Å². The zero-order chi connectivity index (χ0) is 23.2. The van der Waals surface area contributed by atoms with Crippen molar-refractivity contribution in [3.05, 3.63) is 29.8 Å². The van der Waals surface area contributed by atoms with Crippen LogP contribution in [0.4, 0.5) is 0 Å². The number of rotatable bonds is 15. The Balaban J connectivity index is 1.62. The highest BCUT2D eigenvalue weighted by molar-refractivity contribution is 5.88. The standard InChI is InChI=1S/C27H43NO4/c1-21(2)32-27(29)17-10-5-4-8-14-23-18-19-26(28-30)25(23)16-9-6-7-12-22-13-11-15-24(20-22)31-3/h11,13,15,20-21,23,25,30H,4-10,12,14,16-19H2,1-3H3/b28-26-/t23-,25+/m0/s1. The van der Waals surface area contributed by atoms with Crippen LogP contribution in [0.15, 0.2) is 29.4 Å². The third-order valence-electron chi connectivity index (χ3n) is 6.58. The van der Waals surface area contributed by atoms with E-state index in [9.17, 15) is 10.0 Å². The molecule has 0 unspecified atom stereocenters. The number of carbonyl (C=O) groups is 1. The first-order valence-electron chi connectivity index (χ1n) is 12.6. The maximum absolute atomic E-state index is 11.6. The van der Waals surface area contributed by atoms with E-state index in [1.807, 2.05) is 19.9 Å².